The number of primary amides is 1. The molecule has 1 unspecified atom stereocenters. The fourth-order valence-electron chi connectivity index (χ4n) is 1.68. The standard InChI is InChI=1S/C12H17N3O3S2/c1-8(6-11(13)16)15-20(17,18)7-9-2-4-10(5-3-9)12(14)19/h2-5,8,15H,6-7H2,1H3,(H2,13,16)(H2,14,19). The zero-order valence-electron chi connectivity index (χ0n) is 11.0. The molecule has 0 radical (unpaired) electrons. The van der Waals surface area contributed by atoms with E-state index in [4.69, 9.17) is 23.7 Å². The van der Waals surface area contributed by atoms with Crippen molar-refractivity contribution in [2.75, 3.05) is 0 Å². The smallest absolute Gasteiger partial charge is 0.219 e. The fourth-order valence-corrected chi connectivity index (χ4v) is 3.22. The van der Waals surface area contributed by atoms with Crippen LogP contribution >= 0.6 is 12.2 Å². The number of hydrogen-bond acceptors (Lipinski definition) is 4. The van der Waals surface area contributed by atoms with Crippen molar-refractivity contribution >= 4 is 33.1 Å². The van der Waals surface area contributed by atoms with E-state index < -0.39 is 22.0 Å². The Morgan fingerprint density at radius 3 is 2.30 bits per heavy atom. The first-order valence-corrected chi connectivity index (χ1v) is 7.92. The van der Waals surface area contributed by atoms with Crippen LogP contribution in [0.1, 0.15) is 24.5 Å². The van der Waals surface area contributed by atoms with Crippen LogP contribution in [0.5, 0.6) is 0 Å². The van der Waals surface area contributed by atoms with Gasteiger partial charge in [0.25, 0.3) is 0 Å². The zero-order chi connectivity index (χ0) is 15.3. The molecule has 0 saturated heterocycles. The van der Waals surface area contributed by atoms with Gasteiger partial charge >= 0.3 is 0 Å². The Labute approximate surface area is 123 Å². The van der Waals surface area contributed by atoms with Crippen molar-refractivity contribution in [1.82, 2.24) is 4.72 Å². The summed E-state index contributed by atoms with van der Waals surface area (Å²) in [6.07, 6.45) is -0.0421. The second-order valence-corrected chi connectivity index (χ2v) is 6.70. The molecule has 0 aliphatic heterocycles. The van der Waals surface area contributed by atoms with Crippen LogP contribution in [-0.2, 0) is 20.6 Å². The van der Waals surface area contributed by atoms with Crippen LogP contribution in [0.15, 0.2) is 24.3 Å². The minimum atomic E-state index is -3.53. The molecular weight excluding hydrogens is 298 g/mol. The van der Waals surface area contributed by atoms with Gasteiger partial charge in [-0.25, -0.2) is 13.1 Å². The van der Waals surface area contributed by atoms with Gasteiger partial charge in [-0.1, -0.05) is 36.5 Å². The minimum absolute atomic E-state index is 0.0421. The summed E-state index contributed by atoms with van der Waals surface area (Å²) in [4.78, 5) is 11.0. The van der Waals surface area contributed by atoms with Crippen molar-refractivity contribution in [3.8, 4) is 0 Å². The van der Waals surface area contributed by atoms with E-state index in [2.05, 4.69) is 4.72 Å². The van der Waals surface area contributed by atoms with Crippen LogP contribution in [0.4, 0.5) is 0 Å². The SMILES string of the molecule is CC(CC(N)=O)NS(=O)(=O)Cc1ccc(C(N)=S)cc1. The maximum Gasteiger partial charge on any atom is 0.219 e. The molecule has 1 amide bonds. The molecule has 0 spiro atoms. The lowest BCUT2D eigenvalue weighted by molar-refractivity contribution is -0.118. The molecular formula is C12H17N3O3S2. The van der Waals surface area contributed by atoms with E-state index in [9.17, 15) is 13.2 Å². The average Bonchev–Trinajstić information content (AvgIpc) is 2.26. The molecule has 1 atom stereocenters. The average molecular weight is 315 g/mol. The van der Waals surface area contributed by atoms with Gasteiger partial charge in [0.15, 0.2) is 0 Å². The number of nitrogens with two attached hydrogens (primary N) is 2. The number of carbonyl (C=O) groups is 1. The largest absolute Gasteiger partial charge is 0.389 e. The van der Waals surface area contributed by atoms with Crippen LogP contribution in [0.3, 0.4) is 0 Å². The second kappa shape index (κ2) is 6.78. The second-order valence-electron chi connectivity index (χ2n) is 4.51. The molecule has 1 rings (SSSR count). The molecule has 0 fully saturated rings. The van der Waals surface area contributed by atoms with E-state index in [0.717, 1.165) is 0 Å². The lowest BCUT2D eigenvalue weighted by Crippen LogP contribution is -2.36. The summed E-state index contributed by atoms with van der Waals surface area (Å²) < 4.78 is 26.2. The molecule has 5 N–H and O–H groups in total. The van der Waals surface area contributed by atoms with E-state index in [-0.39, 0.29) is 17.2 Å². The van der Waals surface area contributed by atoms with Gasteiger partial charge in [-0.05, 0) is 12.5 Å². The molecule has 110 valence electrons. The monoisotopic (exact) mass is 315 g/mol. The highest BCUT2D eigenvalue weighted by molar-refractivity contribution is 7.88. The van der Waals surface area contributed by atoms with Gasteiger partial charge in [0.05, 0.1) is 5.75 Å². The Balaban J connectivity index is 2.71. The zero-order valence-corrected chi connectivity index (χ0v) is 12.6. The van der Waals surface area contributed by atoms with E-state index in [1.807, 2.05) is 0 Å². The molecule has 0 aromatic heterocycles. The Morgan fingerprint density at radius 1 is 1.30 bits per heavy atom. The number of nitrogens with one attached hydrogen (secondary N) is 1. The van der Waals surface area contributed by atoms with Gasteiger partial charge in [0, 0.05) is 18.0 Å². The highest BCUT2D eigenvalue weighted by atomic mass is 32.2. The molecule has 0 bridgehead atoms. The van der Waals surface area contributed by atoms with E-state index >= 15 is 0 Å². The third kappa shape index (κ3) is 5.64. The molecule has 20 heavy (non-hydrogen) atoms. The summed E-state index contributed by atoms with van der Waals surface area (Å²) in [5, 5.41) is 0. The fraction of sp³-hybridized carbons (Fsp3) is 0.333. The van der Waals surface area contributed by atoms with Gasteiger partial charge in [-0.3, -0.25) is 4.79 Å². The summed E-state index contributed by atoms with van der Waals surface area (Å²) in [6, 6.07) is 6.09. The van der Waals surface area contributed by atoms with Crippen LogP contribution in [0.2, 0.25) is 0 Å². The summed E-state index contributed by atoms with van der Waals surface area (Å²) >= 11 is 4.82. The van der Waals surface area contributed by atoms with E-state index in [1.54, 1.807) is 31.2 Å². The molecule has 0 heterocycles. The highest BCUT2D eigenvalue weighted by Gasteiger charge is 2.16. The van der Waals surface area contributed by atoms with Crippen LogP contribution in [-0.4, -0.2) is 25.4 Å². The van der Waals surface area contributed by atoms with Gasteiger partial charge in [-0.2, -0.15) is 0 Å². The first kappa shape index (κ1) is 16.5. The molecule has 1 aromatic rings. The van der Waals surface area contributed by atoms with Gasteiger partial charge in [0.2, 0.25) is 15.9 Å². The number of rotatable bonds is 7. The lowest BCUT2D eigenvalue weighted by Gasteiger charge is -2.12. The third-order valence-electron chi connectivity index (χ3n) is 2.48. The maximum atomic E-state index is 11.9. The first-order chi connectivity index (χ1) is 9.19. The number of hydrogen-bond donors (Lipinski definition) is 3. The Bertz CT molecular complexity index is 597. The summed E-state index contributed by atoms with van der Waals surface area (Å²) in [5.74, 6) is -0.741. The molecule has 0 saturated carbocycles. The number of carbonyl (C=O) groups excluding carboxylic acids is 1. The van der Waals surface area contributed by atoms with Crippen molar-refractivity contribution in [2.24, 2.45) is 11.5 Å². The topological polar surface area (TPSA) is 115 Å². The number of thiocarbonyl (C=S) groups is 1. The molecule has 6 nitrogen and oxygen atoms in total. The van der Waals surface area contributed by atoms with E-state index in [0.29, 0.717) is 11.1 Å². The third-order valence-corrected chi connectivity index (χ3v) is 4.19. The van der Waals surface area contributed by atoms with Crippen molar-refractivity contribution in [2.45, 2.75) is 25.1 Å². The Kier molecular flexibility index (Phi) is 5.61. The van der Waals surface area contributed by atoms with Crippen molar-refractivity contribution in [1.29, 1.82) is 0 Å². The maximum absolute atomic E-state index is 11.9. The molecule has 1 aromatic carbocycles. The summed E-state index contributed by atoms with van der Waals surface area (Å²) in [5.41, 5.74) is 11.8. The quantitative estimate of drug-likeness (QED) is 0.613. The first-order valence-electron chi connectivity index (χ1n) is 5.86. The molecule has 0 aliphatic rings. The summed E-state index contributed by atoms with van der Waals surface area (Å²) in [7, 11) is -3.53. The lowest BCUT2D eigenvalue weighted by atomic mass is 10.1. The number of amides is 1. The highest BCUT2D eigenvalue weighted by Crippen LogP contribution is 2.08. The molecule has 0 aliphatic carbocycles. The van der Waals surface area contributed by atoms with Gasteiger partial charge in [-0.15, -0.1) is 0 Å². The predicted molar refractivity (Wildman–Crippen MR) is 81.4 cm³/mol. The van der Waals surface area contributed by atoms with Crippen molar-refractivity contribution in [3.05, 3.63) is 35.4 Å². The van der Waals surface area contributed by atoms with Crippen LogP contribution < -0.4 is 16.2 Å². The van der Waals surface area contributed by atoms with Crippen LogP contribution in [0, 0.1) is 0 Å². The minimum Gasteiger partial charge on any atom is -0.389 e. The number of sulfonamides is 1. The normalized spacial score (nSPS) is 12.8. The van der Waals surface area contributed by atoms with Gasteiger partial charge < -0.3 is 11.5 Å². The van der Waals surface area contributed by atoms with Gasteiger partial charge in [0.1, 0.15) is 4.99 Å². The summed E-state index contributed by atoms with van der Waals surface area (Å²) in [6.45, 7) is 1.58. The number of benzene rings is 1. The predicted octanol–water partition coefficient (Wildman–Crippen LogP) is 0.00410. The van der Waals surface area contributed by atoms with Crippen molar-refractivity contribution < 1.29 is 13.2 Å². The molecule has 8 heteroatoms. The Morgan fingerprint density at radius 2 is 1.85 bits per heavy atom. The van der Waals surface area contributed by atoms with Crippen LogP contribution in [0.25, 0.3) is 0 Å². The Hall–Kier alpha value is -1.51. The van der Waals surface area contributed by atoms with Crippen molar-refractivity contribution in [3.63, 3.8) is 0 Å². The van der Waals surface area contributed by atoms with E-state index in [1.165, 1.54) is 0 Å².